The van der Waals surface area contributed by atoms with Crippen molar-refractivity contribution in [2.45, 2.75) is 77.7 Å². The van der Waals surface area contributed by atoms with Crippen molar-refractivity contribution >= 4 is 0 Å². The zero-order valence-corrected chi connectivity index (χ0v) is 13.2. The molecule has 0 unspecified atom stereocenters. The van der Waals surface area contributed by atoms with Crippen molar-refractivity contribution in [1.82, 2.24) is 4.98 Å². The van der Waals surface area contributed by atoms with E-state index in [2.05, 4.69) is 18.0 Å². The van der Waals surface area contributed by atoms with Gasteiger partial charge in [-0.1, -0.05) is 70.8 Å². The van der Waals surface area contributed by atoms with Gasteiger partial charge in [0.15, 0.2) is 0 Å². The van der Waals surface area contributed by atoms with Crippen molar-refractivity contribution in [2.24, 2.45) is 0 Å². The van der Waals surface area contributed by atoms with Gasteiger partial charge in [0, 0.05) is 19.0 Å². The van der Waals surface area contributed by atoms with E-state index in [9.17, 15) is 0 Å². The zero-order valence-electron chi connectivity index (χ0n) is 13.2. The molecule has 0 fully saturated rings. The largest absolute Gasteiger partial charge is 0.377 e. The third-order valence-corrected chi connectivity index (χ3v) is 3.63. The number of hydrogen-bond donors (Lipinski definition) is 0. The van der Waals surface area contributed by atoms with Gasteiger partial charge in [-0.15, -0.1) is 0 Å². The molecule has 114 valence electrons. The van der Waals surface area contributed by atoms with Crippen molar-refractivity contribution in [3.63, 3.8) is 0 Å². The minimum Gasteiger partial charge on any atom is -0.377 e. The van der Waals surface area contributed by atoms with E-state index in [0.29, 0.717) is 6.61 Å². The summed E-state index contributed by atoms with van der Waals surface area (Å²) in [6.07, 6.45) is 17.4. The van der Waals surface area contributed by atoms with E-state index in [1.165, 1.54) is 69.8 Å². The second-order valence-electron chi connectivity index (χ2n) is 5.60. The van der Waals surface area contributed by atoms with Crippen LogP contribution in [0.2, 0.25) is 0 Å². The Morgan fingerprint density at radius 2 is 1.55 bits per heavy atom. The van der Waals surface area contributed by atoms with Crippen LogP contribution in [-0.4, -0.2) is 11.6 Å². The number of aromatic nitrogens is 1. The lowest BCUT2D eigenvalue weighted by atomic mass is 10.1. The minimum atomic E-state index is 0.700. The standard InChI is InChI=1S/C18H31NO/c1-2-3-4-5-6-7-8-9-10-11-15-20-17-18-13-12-14-19-16-18/h12-14,16H,2-11,15,17H2,1H3. The molecule has 0 N–H and O–H groups in total. The molecule has 20 heavy (non-hydrogen) atoms. The maximum Gasteiger partial charge on any atom is 0.0731 e. The van der Waals surface area contributed by atoms with Crippen LogP contribution in [0.4, 0.5) is 0 Å². The fraction of sp³-hybridized carbons (Fsp3) is 0.722. The van der Waals surface area contributed by atoms with Gasteiger partial charge in [-0.25, -0.2) is 0 Å². The van der Waals surface area contributed by atoms with Crippen molar-refractivity contribution in [2.75, 3.05) is 6.61 Å². The van der Waals surface area contributed by atoms with E-state index >= 15 is 0 Å². The first-order valence-electron chi connectivity index (χ1n) is 8.40. The summed E-state index contributed by atoms with van der Waals surface area (Å²) in [5.74, 6) is 0. The van der Waals surface area contributed by atoms with Gasteiger partial charge < -0.3 is 4.74 Å². The molecule has 0 aliphatic heterocycles. The van der Waals surface area contributed by atoms with E-state index in [1.807, 2.05) is 12.3 Å². The Hall–Kier alpha value is -0.890. The fourth-order valence-corrected chi connectivity index (χ4v) is 2.37. The van der Waals surface area contributed by atoms with Crippen LogP contribution in [-0.2, 0) is 11.3 Å². The predicted molar refractivity (Wildman–Crippen MR) is 85.7 cm³/mol. The summed E-state index contributed by atoms with van der Waals surface area (Å²) >= 11 is 0. The molecule has 0 radical (unpaired) electrons. The molecule has 0 aromatic carbocycles. The molecule has 0 saturated heterocycles. The molecule has 0 atom stereocenters. The quantitative estimate of drug-likeness (QED) is 0.443. The van der Waals surface area contributed by atoms with E-state index < -0.39 is 0 Å². The van der Waals surface area contributed by atoms with Crippen LogP contribution >= 0.6 is 0 Å². The fourth-order valence-electron chi connectivity index (χ4n) is 2.37. The Labute approximate surface area is 125 Å². The minimum absolute atomic E-state index is 0.700. The van der Waals surface area contributed by atoms with Gasteiger partial charge >= 0.3 is 0 Å². The Morgan fingerprint density at radius 3 is 2.15 bits per heavy atom. The van der Waals surface area contributed by atoms with Crippen LogP contribution in [0.3, 0.4) is 0 Å². The Bertz CT molecular complexity index is 300. The molecule has 1 aromatic rings. The van der Waals surface area contributed by atoms with E-state index in [0.717, 1.165) is 6.61 Å². The molecule has 0 saturated carbocycles. The van der Waals surface area contributed by atoms with E-state index in [1.54, 1.807) is 6.20 Å². The van der Waals surface area contributed by atoms with Gasteiger partial charge in [-0.3, -0.25) is 4.98 Å². The second kappa shape index (κ2) is 13.1. The lowest BCUT2D eigenvalue weighted by molar-refractivity contribution is 0.116. The Balaban J connectivity index is 1.77. The topological polar surface area (TPSA) is 22.1 Å². The van der Waals surface area contributed by atoms with Crippen molar-refractivity contribution in [3.05, 3.63) is 30.1 Å². The molecule has 2 nitrogen and oxygen atoms in total. The summed E-state index contributed by atoms with van der Waals surface area (Å²) in [6, 6.07) is 4.02. The van der Waals surface area contributed by atoms with Gasteiger partial charge in [0.2, 0.25) is 0 Å². The highest BCUT2D eigenvalue weighted by atomic mass is 16.5. The molecular weight excluding hydrogens is 246 g/mol. The third kappa shape index (κ3) is 9.96. The van der Waals surface area contributed by atoms with Crippen LogP contribution in [0, 0.1) is 0 Å². The second-order valence-corrected chi connectivity index (χ2v) is 5.60. The van der Waals surface area contributed by atoms with Crippen LogP contribution in [0.25, 0.3) is 0 Å². The first-order valence-corrected chi connectivity index (χ1v) is 8.40. The highest BCUT2D eigenvalue weighted by Gasteiger charge is 1.94. The van der Waals surface area contributed by atoms with Gasteiger partial charge in [0.25, 0.3) is 0 Å². The predicted octanol–water partition coefficient (Wildman–Crippen LogP) is 5.52. The number of unbranched alkanes of at least 4 members (excludes halogenated alkanes) is 9. The maximum atomic E-state index is 5.65. The monoisotopic (exact) mass is 277 g/mol. The summed E-state index contributed by atoms with van der Waals surface area (Å²) in [7, 11) is 0. The molecule has 2 heteroatoms. The zero-order chi connectivity index (χ0) is 14.3. The number of hydrogen-bond acceptors (Lipinski definition) is 2. The first kappa shape index (κ1) is 17.2. The smallest absolute Gasteiger partial charge is 0.0731 e. The van der Waals surface area contributed by atoms with E-state index in [4.69, 9.17) is 4.74 Å². The molecule has 0 aliphatic rings. The molecule has 0 aliphatic carbocycles. The van der Waals surface area contributed by atoms with Gasteiger partial charge in [0.1, 0.15) is 0 Å². The third-order valence-electron chi connectivity index (χ3n) is 3.63. The summed E-state index contributed by atoms with van der Waals surface area (Å²) in [5, 5.41) is 0. The molecule has 0 amide bonds. The summed E-state index contributed by atoms with van der Waals surface area (Å²) < 4.78 is 5.65. The molecule has 1 heterocycles. The molecule has 0 bridgehead atoms. The Morgan fingerprint density at radius 1 is 0.900 bits per heavy atom. The molecule has 1 aromatic heterocycles. The van der Waals surface area contributed by atoms with Crippen molar-refractivity contribution < 1.29 is 4.74 Å². The number of ether oxygens (including phenoxy) is 1. The molecule has 0 spiro atoms. The Kier molecular flexibility index (Phi) is 11.2. The SMILES string of the molecule is CCCCCCCCCCCCOCc1cccnc1. The van der Waals surface area contributed by atoms with Crippen molar-refractivity contribution in [1.29, 1.82) is 0 Å². The first-order chi connectivity index (χ1) is 9.93. The average Bonchev–Trinajstić information content (AvgIpc) is 2.49. The lowest BCUT2D eigenvalue weighted by Crippen LogP contribution is -1.96. The van der Waals surface area contributed by atoms with Crippen LogP contribution in [0.5, 0.6) is 0 Å². The summed E-state index contributed by atoms with van der Waals surface area (Å²) in [4.78, 5) is 4.08. The molecule has 1 rings (SSSR count). The van der Waals surface area contributed by atoms with Crippen LogP contribution < -0.4 is 0 Å². The van der Waals surface area contributed by atoms with E-state index in [-0.39, 0.29) is 0 Å². The van der Waals surface area contributed by atoms with Crippen molar-refractivity contribution in [3.8, 4) is 0 Å². The van der Waals surface area contributed by atoms with Gasteiger partial charge in [-0.05, 0) is 18.1 Å². The highest BCUT2D eigenvalue weighted by molar-refractivity contribution is 5.06. The van der Waals surface area contributed by atoms with Crippen LogP contribution in [0.1, 0.15) is 76.7 Å². The number of nitrogens with zero attached hydrogens (tertiary/aromatic N) is 1. The van der Waals surface area contributed by atoms with Crippen LogP contribution in [0.15, 0.2) is 24.5 Å². The normalized spacial score (nSPS) is 10.8. The summed E-state index contributed by atoms with van der Waals surface area (Å²) in [6.45, 7) is 3.85. The summed E-state index contributed by atoms with van der Waals surface area (Å²) in [5.41, 5.74) is 1.17. The highest BCUT2D eigenvalue weighted by Crippen LogP contribution is 2.10. The maximum absolute atomic E-state index is 5.65. The number of rotatable bonds is 13. The molecular formula is C18H31NO. The average molecular weight is 277 g/mol. The number of pyridine rings is 1. The van der Waals surface area contributed by atoms with Gasteiger partial charge in [0.05, 0.1) is 6.61 Å². The lowest BCUT2D eigenvalue weighted by Gasteiger charge is -2.04. The van der Waals surface area contributed by atoms with Gasteiger partial charge in [-0.2, -0.15) is 0 Å².